The number of rotatable bonds is 4. The molecule has 150 valence electrons. The summed E-state index contributed by atoms with van der Waals surface area (Å²) in [6, 6.07) is 17.6. The van der Waals surface area contributed by atoms with Crippen molar-refractivity contribution in [1.29, 1.82) is 0 Å². The van der Waals surface area contributed by atoms with Crippen molar-refractivity contribution in [3.8, 4) is 0 Å². The van der Waals surface area contributed by atoms with Crippen LogP contribution in [-0.2, 0) is 11.3 Å². The number of primary amides is 1. The highest BCUT2D eigenvalue weighted by Crippen LogP contribution is 2.27. The number of aromatic nitrogens is 1. The minimum absolute atomic E-state index is 0.449. The number of ether oxygens (including phenoxy) is 1. The van der Waals surface area contributed by atoms with Gasteiger partial charge in [0.15, 0.2) is 11.6 Å². The number of nitrogens with two attached hydrogens (primary N) is 1. The summed E-state index contributed by atoms with van der Waals surface area (Å²) in [5, 5.41) is 7.56. The van der Waals surface area contributed by atoms with Gasteiger partial charge in [0.2, 0.25) is 11.9 Å². The minimum Gasteiger partial charge on any atom is -0.483 e. The quantitative estimate of drug-likeness (QED) is 0.629. The first-order valence-corrected chi connectivity index (χ1v) is 9.74. The summed E-state index contributed by atoms with van der Waals surface area (Å²) in [5.41, 5.74) is 9.89. The van der Waals surface area contributed by atoms with Crippen LogP contribution in [0.3, 0.4) is 0 Å². The van der Waals surface area contributed by atoms with Crippen molar-refractivity contribution in [2.75, 3.05) is 6.61 Å². The maximum Gasteiger partial charge on any atom is 0.249 e. The van der Waals surface area contributed by atoms with Gasteiger partial charge in [0.25, 0.3) is 0 Å². The molecule has 7 nitrogen and oxygen atoms in total. The van der Waals surface area contributed by atoms with E-state index in [0.29, 0.717) is 36.3 Å². The lowest BCUT2D eigenvalue weighted by Crippen LogP contribution is -2.35. The van der Waals surface area contributed by atoms with Gasteiger partial charge in [-0.1, -0.05) is 36.4 Å². The van der Waals surface area contributed by atoms with Crippen molar-refractivity contribution in [2.45, 2.75) is 13.5 Å². The first-order valence-electron chi connectivity index (χ1n) is 9.74. The van der Waals surface area contributed by atoms with E-state index in [-0.39, 0.29) is 0 Å². The first-order chi connectivity index (χ1) is 14.6. The molecule has 0 fully saturated rings. The summed E-state index contributed by atoms with van der Waals surface area (Å²) in [5.74, 6) is 1.57. The summed E-state index contributed by atoms with van der Waals surface area (Å²) in [7, 11) is 0. The standard InChI is InChI=1S/C23H21N5O2/c1-14-12-17-16(21(24)29)8-5-9-19(17)28(14)23-26-18-10-11-30-20(18)22(27-23)25-13-15-6-3-2-4-7-15/h2-10,12,25H,11,13H2,1H3,(H2,24,29)(H,26,27). The van der Waals surface area contributed by atoms with Crippen LogP contribution in [0.25, 0.3) is 10.9 Å². The Morgan fingerprint density at radius 1 is 1.23 bits per heavy atom. The molecule has 2 aliphatic heterocycles. The van der Waals surface area contributed by atoms with Crippen molar-refractivity contribution in [2.24, 2.45) is 10.7 Å². The van der Waals surface area contributed by atoms with Gasteiger partial charge in [-0.25, -0.2) is 0 Å². The van der Waals surface area contributed by atoms with Crippen molar-refractivity contribution in [3.63, 3.8) is 0 Å². The Morgan fingerprint density at radius 3 is 2.87 bits per heavy atom. The fourth-order valence-corrected chi connectivity index (χ4v) is 3.85. The Kier molecular flexibility index (Phi) is 4.28. The van der Waals surface area contributed by atoms with Gasteiger partial charge in [-0.05, 0) is 36.8 Å². The predicted molar refractivity (Wildman–Crippen MR) is 116 cm³/mol. The average molecular weight is 399 g/mol. The van der Waals surface area contributed by atoms with E-state index in [0.717, 1.165) is 27.9 Å². The third-order valence-corrected chi connectivity index (χ3v) is 5.25. The Morgan fingerprint density at radius 2 is 2.07 bits per heavy atom. The molecule has 0 aliphatic carbocycles. The number of aryl methyl sites for hydroxylation is 1. The van der Waals surface area contributed by atoms with E-state index in [1.807, 2.05) is 54.0 Å². The first kappa shape index (κ1) is 18.1. The molecule has 7 heteroatoms. The van der Waals surface area contributed by atoms with Crippen LogP contribution >= 0.6 is 0 Å². The number of benzene rings is 2. The molecule has 0 radical (unpaired) electrons. The van der Waals surface area contributed by atoms with Crippen LogP contribution in [0.5, 0.6) is 0 Å². The predicted octanol–water partition coefficient (Wildman–Crippen LogP) is 2.73. The summed E-state index contributed by atoms with van der Waals surface area (Å²) < 4.78 is 7.76. The van der Waals surface area contributed by atoms with Crippen LogP contribution in [0.15, 0.2) is 82.9 Å². The lowest BCUT2D eigenvalue weighted by molar-refractivity contribution is 0.100. The van der Waals surface area contributed by atoms with E-state index in [9.17, 15) is 4.79 Å². The Balaban J connectivity index is 1.57. The molecule has 30 heavy (non-hydrogen) atoms. The Hall–Kier alpha value is -4.00. The lowest BCUT2D eigenvalue weighted by atomic mass is 10.1. The molecule has 1 aromatic heterocycles. The van der Waals surface area contributed by atoms with Gasteiger partial charge in [0, 0.05) is 23.2 Å². The number of aliphatic imine (C=N–C) groups is 1. The van der Waals surface area contributed by atoms with E-state index in [4.69, 9.17) is 15.5 Å². The van der Waals surface area contributed by atoms with Crippen LogP contribution in [0.2, 0.25) is 0 Å². The molecule has 1 amide bonds. The molecule has 4 N–H and O–H groups in total. The van der Waals surface area contributed by atoms with Crippen molar-refractivity contribution < 1.29 is 9.53 Å². The maximum absolute atomic E-state index is 11.9. The Bertz CT molecular complexity index is 1250. The monoisotopic (exact) mass is 399 g/mol. The van der Waals surface area contributed by atoms with Crippen LogP contribution in [0.1, 0.15) is 21.6 Å². The van der Waals surface area contributed by atoms with Gasteiger partial charge in [0.1, 0.15) is 6.61 Å². The number of carbonyl (C=O) groups is 1. The smallest absolute Gasteiger partial charge is 0.249 e. The Labute approximate surface area is 173 Å². The zero-order valence-corrected chi connectivity index (χ0v) is 16.5. The van der Waals surface area contributed by atoms with Crippen molar-refractivity contribution in [1.82, 2.24) is 15.2 Å². The fraction of sp³-hybridized carbons (Fsp3) is 0.130. The largest absolute Gasteiger partial charge is 0.483 e. The molecular formula is C23H21N5O2. The van der Waals surface area contributed by atoms with Gasteiger partial charge in [-0.2, -0.15) is 4.99 Å². The van der Waals surface area contributed by atoms with Crippen molar-refractivity contribution in [3.05, 3.63) is 94.8 Å². The van der Waals surface area contributed by atoms with Crippen LogP contribution in [-0.4, -0.2) is 23.0 Å². The number of fused-ring (bicyclic) bond motifs is 2. The zero-order valence-electron chi connectivity index (χ0n) is 16.5. The van der Waals surface area contributed by atoms with E-state index in [1.54, 1.807) is 6.07 Å². The van der Waals surface area contributed by atoms with Gasteiger partial charge in [-0.3, -0.25) is 9.36 Å². The van der Waals surface area contributed by atoms with Crippen LogP contribution in [0.4, 0.5) is 0 Å². The average Bonchev–Trinajstić information content (AvgIpc) is 3.35. The summed E-state index contributed by atoms with van der Waals surface area (Å²) in [4.78, 5) is 16.7. The second-order valence-electron chi connectivity index (χ2n) is 7.23. The van der Waals surface area contributed by atoms with E-state index < -0.39 is 5.91 Å². The second-order valence-corrected chi connectivity index (χ2v) is 7.23. The van der Waals surface area contributed by atoms with E-state index in [1.165, 1.54) is 0 Å². The molecule has 2 aromatic carbocycles. The number of amides is 1. The molecule has 0 unspecified atom stereocenters. The molecule has 0 spiro atoms. The van der Waals surface area contributed by atoms with Crippen LogP contribution in [0, 0.1) is 6.92 Å². The van der Waals surface area contributed by atoms with E-state index in [2.05, 4.69) is 22.8 Å². The third kappa shape index (κ3) is 3.00. The summed E-state index contributed by atoms with van der Waals surface area (Å²) in [6.45, 7) is 3.10. The zero-order chi connectivity index (χ0) is 20.7. The highest BCUT2D eigenvalue weighted by atomic mass is 16.5. The number of hydrogen-bond acceptors (Lipinski definition) is 5. The topological polar surface area (TPSA) is 93.7 Å². The highest BCUT2D eigenvalue weighted by molar-refractivity contribution is 6.08. The van der Waals surface area contributed by atoms with Crippen LogP contribution < -0.4 is 16.4 Å². The SMILES string of the molecule is Cc1cc2c(C(N)=O)cccc2n1C1=NC(NCc2ccccc2)=C2OCC=C2N1. The minimum atomic E-state index is -0.449. The van der Waals surface area contributed by atoms with E-state index >= 15 is 0 Å². The van der Waals surface area contributed by atoms with Gasteiger partial charge in [0.05, 0.1) is 11.2 Å². The third-order valence-electron chi connectivity index (χ3n) is 5.25. The molecule has 3 aromatic rings. The van der Waals surface area contributed by atoms with Crippen molar-refractivity contribution >= 4 is 22.8 Å². The molecular weight excluding hydrogens is 378 g/mol. The summed E-state index contributed by atoms with van der Waals surface area (Å²) in [6.07, 6.45) is 1.99. The molecule has 0 bridgehead atoms. The number of nitrogens with zero attached hydrogens (tertiary/aromatic N) is 2. The lowest BCUT2D eigenvalue weighted by Gasteiger charge is -2.22. The normalized spacial score (nSPS) is 15.2. The second kappa shape index (κ2) is 7.11. The highest BCUT2D eigenvalue weighted by Gasteiger charge is 2.27. The summed E-state index contributed by atoms with van der Waals surface area (Å²) >= 11 is 0. The maximum atomic E-state index is 11.9. The molecule has 5 rings (SSSR count). The molecule has 0 atom stereocenters. The molecule has 2 aliphatic rings. The fourth-order valence-electron chi connectivity index (χ4n) is 3.85. The van der Waals surface area contributed by atoms with Gasteiger partial charge in [-0.15, -0.1) is 0 Å². The number of nitrogens with one attached hydrogen (secondary N) is 2. The molecule has 0 saturated carbocycles. The van der Waals surface area contributed by atoms with Gasteiger partial charge < -0.3 is 21.1 Å². The molecule has 3 heterocycles. The number of carbonyl (C=O) groups excluding carboxylic acids is 1. The van der Waals surface area contributed by atoms with Gasteiger partial charge >= 0.3 is 0 Å². The molecule has 0 saturated heterocycles. The number of hydrogen-bond donors (Lipinski definition) is 3.